The molecule has 0 spiro atoms. The van der Waals surface area contributed by atoms with Gasteiger partial charge in [-0.25, -0.2) is 4.39 Å². The van der Waals surface area contributed by atoms with Gasteiger partial charge in [-0.2, -0.15) is 0 Å². The van der Waals surface area contributed by atoms with Gasteiger partial charge in [0.15, 0.2) is 10.5 Å². The van der Waals surface area contributed by atoms with Gasteiger partial charge in [0, 0.05) is 5.56 Å². The molecule has 1 aromatic carbocycles. The van der Waals surface area contributed by atoms with Gasteiger partial charge >= 0.3 is 0 Å². The fourth-order valence-electron chi connectivity index (χ4n) is 1.86. The molecule has 2 aromatic rings. The number of ketones is 1. The molecule has 0 aliphatic carbocycles. The number of carbonyl (C=O) groups excluding carboxylic acids is 1. The molecule has 0 atom stereocenters. The van der Waals surface area contributed by atoms with Gasteiger partial charge in [-0.05, 0) is 59.1 Å². The van der Waals surface area contributed by atoms with Gasteiger partial charge in [0.05, 0.1) is 11.8 Å². The summed E-state index contributed by atoms with van der Waals surface area (Å²) in [7, 11) is 0. The van der Waals surface area contributed by atoms with Crippen LogP contribution < -0.4 is 0 Å². The summed E-state index contributed by atoms with van der Waals surface area (Å²) in [4.78, 5) is 12.3. The van der Waals surface area contributed by atoms with E-state index in [1.807, 2.05) is 0 Å². The van der Waals surface area contributed by atoms with Crippen molar-refractivity contribution < 1.29 is 13.6 Å². The van der Waals surface area contributed by atoms with Crippen molar-refractivity contribution in [3.8, 4) is 0 Å². The number of hydrogen-bond acceptors (Lipinski definition) is 2. The van der Waals surface area contributed by atoms with Crippen LogP contribution in [0.15, 0.2) is 33.5 Å². The number of benzene rings is 1. The standard InChI is InChI=1S/C13H10BrFO2/c1-7-5-9(15)6-8(2)11(7)12(16)10-3-4-17-13(10)14/h3-6H,1-2H3. The first-order chi connectivity index (χ1) is 8.00. The molecule has 0 N–H and O–H groups in total. The molecular weight excluding hydrogens is 287 g/mol. The summed E-state index contributed by atoms with van der Waals surface area (Å²) in [6.07, 6.45) is 1.44. The fraction of sp³-hybridized carbons (Fsp3) is 0.154. The van der Waals surface area contributed by atoms with E-state index in [0.717, 1.165) is 0 Å². The van der Waals surface area contributed by atoms with E-state index in [4.69, 9.17) is 4.42 Å². The molecular formula is C13H10BrFO2. The first kappa shape index (κ1) is 12.0. The minimum atomic E-state index is -0.331. The van der Waals surface area contributed by atoms with E-state index >= 15 is 0 Å². The maximum Gasteiger partial charge on any atom is 0.197 e. The molecule has 0 bridgehead atoms. The van der Waals surface area contributed by atoms with E-state index < -0.39 is 0 Å². The van der Waals surface area contributed by atoms with Crippen molar-refractivity contribution in [1.29, 1.82) is 0 Å². The summed E-state index contributed by atoms with van der Waals surface area (Å²) >= 11 is 3.17. The van der Waals surface area contributed by atoms with Crippen molar-refractivity contribution in [2.75, 3.05) is 0 Å². The lowest BCUT2D eigenvalue weighted by molar-refractivity contribution is 0.103. The Balaban J connectivity index is 2.56. The van der Waals surface area contributed by atoms with Crippen LogP contribution in [0.4, 0.5) is 4.39 Å². The predicted octanol–water partition coefficient (Wildman–Crippen LogP) is 4.03. The molecule has 0 radical (unpaired) electrons. The highest BCUT2D eigenvalue weighted by atomic mass is 79.9. The monoisotopic (exact) mass is 296 g/mol. The summed E-state index contributed by atoms with van der Waals surface area (Å²) in [5.74, 6) is -0.497. The van der Waals surface area contributed by atoms with Gasteiger partial charge in [0.2, 0.25) is 0 Å². The van der Waals surface area contributed by atoms with Crippen LogP contribution >= 0.6 is 15.9 Å². The molecule has 0 saturated carbocycles. The molecule has 1 heterocycles. The lowest BCUT2D eigenvalue weighted by Gasteiger charge is -2.08. The first-order valence-corrected chi connectivity index (χ1v) is 5.84. The predicted molar refractivity (Wildman–Crippen MR) is 65.7 cm³/mol. The fourth-order valence-corrected chi connectivity index (χ4v) is 2.28. The average molecular weight is 297 g/mol. The summed E-state index contributed by atoms with van der Waals surface area (Å²) < 4.78 is 18.6. The average Bonchev–Trinajstić information content (AvgIpc) is 2.62. The van der Waals surface area contributed by atoms with Crippen LogP contribution in [0.5, 0.6) is 0 Å². The SMILES string of the molecule is Cc1cc(F)cc(C)c1C(=O)c1ccoc1Br. The number of rotatable bonds is 2. The minimum absolute atomic E-state index is 0.166. The van der Waals surface area contributed by atoms with Crippen molar-refractivity contribution in [3.63, 3.8) is 0 Å². The third-order valence-corrected chi connectivity index (χ3v) is 3.20. The van der Waals surface area contributed by atoms with Crippen LogP contribution in [0, 0.1) is 19.7 Å². The highest BCUT2D eigenvalue weighted by Crippen LogP contribution is 2.25. The van der Waals surface area contributed by atoms with Gasteiger partial charge in [-0.15, -0.1) is 0 Å². The quantitative estimate of drug-likeness (QED) is 0.783. The summed E-state index contributed by atoms with van der Waals surface area (Å²) in [5, 5.41) is 0. The maximum absolute atomic E-state index is 13.2. The summed E-state index contributed by atoms with van der Waals surface area (Å²) in [5.41, 5.74) is 2.22. The molecule has 0 aliphatic rings. The zero-order chi connectivity index (χ0) is 12.6. The zero-order valence-electron chi connectivity index (χ0n) is 9.38. The van der Waals surface area contributed by atoms with Crippen molar-refractivity contribution in [3.05, 3.63) is 57.2 Å². The Kier molecular flexibility index (Phi) is 3.15. The van der Waals surface area contributed by atoms with Crippen molar-refractivity contribution in [2.24, 2.45) is 0 Å². The summed E-state index contributed by atoms with van der Waals surface area (Å²) in [6.45, 7) is 3.44. The molecule has 2 nitrogen and oxygen atoms in total. The summed E-state index contributed by atoms with van der Waals surface area (Å²) in [6, 6.07) is 4.30. The van der Waals surface area contributed by atoms with E-state index in [2.05, 4.69) is 15.9 Å². The Bertz CT molecular complexity index is 564. The van der Waals surface area contributed by atoms with Gasteiger partial charge in [0.1, 0.15) is 5.82 Å². The van der Waals surface area contributed by atoms with E-state index in [0.29, 0.717) is 26.9 Å². The van der Waals surface area contributed by atoms with Gasteiger partial charge < -0.3 is 4.42 Å². The van der Waals surface area contributed by atoms with E-state index in [1.165, 1.54) is 18.4 Å². The van der Waals surface area contributed by atoms with Crippen LogP contribution in [0.3, 0.4) is 0 Å². The number of carbonyl (C=O) groups is 1. The highest BCUT2D eigenvalue weighted by Gasteiger charge is 2.19. The smallest absolute Gasteiger partial charge is 0.197 e. The third-order valence-electron chi connectivity index (χ3n) is 2.59. The lowest BCUT2D eigenvalue weighted by atomic mass is 9.96. The van der Waals surface area contributed by atoms with Crippen LogP contribution in [0.25, 0.3) is 0 Å². The van der Waals surface area contributed by atoms with Gasteiger partial charge in [0.25, 0.3) is 0 Å². The zero-order valence-corrected chi connectivity index (χ0v) is 11.0. The number of halogens is 2. The highest BCUT2D eigenvalue weighted by molar-refractivity contribution is 9.10. The second-order valence-electron chi connectivity index (χ2n) is 3.85. The Morgan fingerprint density at radius 3 is 2.35 bits per heavy atom. The lowest BCUT2D eigenvalue weighted by Crippen LogP contribution is -2.06. The molecule has 1 aromatic heterocycles. The van der Waals surface area contributed by atoms with Crippen molar-refractivity contribution in [1.82, 2.24) is 0 Å². The van der Waals surface area contributed by atoms with Crippen molar-refractivity contribution in [2.45, 2.75) is 13.8 Å². The molecule has 0 fully saturated rings. The van der Waals surface area contributed by atoms with E-state index in [-0.39, 0.29) is 11.6 Å². The van der Waals surface area contributed by atoms with Crippen LogP contribution in [-0.4, -0.2) is 5.78 Å². The van der Waals surface area contributed by atoms with Gasteiger partial charge in [-0.1, -0.05) is 0 Å². The van der Waals surface area contributed by atoms with E-state index in [9.17, 15) is 9.18 Å². The van der Waals surface area contributed by atoms with Gasteiger partial charge in [-0.3, -0.25) is 4.79 Å². The molecule has 0 amide bonds. The third kappa shape index (κ3) is 2.17. The topological polar surface area (TPSA) is 30.2 Å². The molecule has 4 heteroatoms. The van der Waals surface area contributed by atoms with Crippen LogP contribution in [-0.2, 0) is 0 Å². The van der Waals surface area contributed by atoms with Crippen LogP contribution in [0.1, 0.15) is 27.0 Å². The number of furan rings is 1. The largest absolute Gasteiger partial charge is 0.457 e. The Labute approximate surface area is 107 Å². The Morgan fingerprint density at radius 1 is 1.29 bits per heavy atom. The Morgan fingerprint density at radius 2 is 1.88 bits per heavy atom. The Hall–Kier alpha value is -1.42. The maximum atomic E-state index is 13.2. The second-order valence-corrected chi connectivity index (χ2v) is 4.57. The number of hydrogen-bond donors (Lipinski definition) is 0. The van der Waals surface area contributed by atoms with E-state index in [1.54, 1.807) is 19.9 Å². The van der Waals surface area contributed by atoms with Crippen LogP contribution in [0.2, 0.25) is 0 Å². The first-order valence-electron chi connectivity index (χ1n) is 5.05. The molecule has 17 heavy (non-hydrogen) atoms. The molecule has 88 valence electrons. The normalized spacial score (nSPS) is 10.6. The molecule has 2 rings (SSSR count). The second kappa shape index (κ2) is 4.45. The number of aryl methyl sites for hydroxylation is 2. The minimum Gasteiger partial charge on any atom is -0.457 e. The van der Waals surface area contributed by atoms with Crippen molar-refractivity contribution >= 4 is 21.7 Å². The molecule has 0 aliphatic heterocycles. The molecule has 0 saturated heterocycles. The molecule has 0 unspecified atom stereocenters.